The molecule has 4 atom stereocenters. The van der Waals surface area contributed by atoms with Crippen LogP contribution >= 0.6 is 0 Å². The first-order chi connectivity index (χ1) is 11.3. The van der Waals surface area contributed by atoms with Crippen LogP contribution in [-0.4, -0.2) is 29.6 Å². The number of carbonyl (C=O) groups excluding carboxylic acids is 2. The molecule has 0 saturated carbocycles. The molecule has 0 spiro atoms. The van der Waals surface area contributed by atoms with E-state index in [1.165, 1.54) is 11.1 Å². The number of ketones is 1. The lowest BCUT2D eigenvalue weighted by Crippen LogP contribution is -2.29. The molecule has 130 valence electrons. The van der Waals surface area contributed by atoms with Gasteiger partial charge in [-0.3, -0.25) is 4.79 Å². The molecule has 3 rings (SSSR count). The summed E-state index contributed by atoms with van der Waals surface area (Å²) < 4.78 is 11.2. The van der Waals surface area contributed by atoms with Crippen LogP contribution in [-0.2, 0) is 19.1 Å². The van der Waals surface area contributed by atoms with Gasteiger partial charge in [-0.1, -0.05) is 23.8 Å². The molecule has 3 aliphatic rings. The number of fused-ring (bicyclic) bond motifs is 2. The second-order valence-corrected chi connectivity index (χ2v) is 7.48. The van der Waals surface area contributed by atoms with Crippen LogP contribution in [0.1, 0.15) is 52.9 Å². The van der Waals surface area contributed by atoms with Crippen molar-refractivity contribution in [3.05, 3.63) is 35.5 Å². The summed E-state index contributed by atoms with van der Waals surface area (Å²) in [5.41, 5.74) is 2.21. The van der Waals surface area contributed by atoms with Crippen molar-refractivity contribution in [2.75, 3.05) is 0 Å². The van der Waals surface area contributed by atoms with Gasteiger partial charge in [0.25, 0.3) is 0 Å². The summed E-state index contributed by atoms with van der Waals surface area (Å²) in [5.74, 6) is -0.617. The highest BCUT2D eigenvalue weighted by molar-refractivity contribution is 5.95. The van der Waals surface area contributed by atoms with Crippen molar-refractivity contribution in [3.8, 4) is 0 Å². The maximum absolute atomic E-state index is 12.7. The van der Waals surface area contributed by atoms with Crippen molar-refractivity contribution >= 4 is 11.8 Å². The molecular formula is C20H26O4. The maximum Gasteiger partial charge on any atom is 0.334 e. The van der Waals surface area contributed by atoms with Gasteiger partial charge in [0.05, 0.1) is 6.10 Å². The largest absolute Gasteiger partial charge is 0.454 e. The van der Waals surface area contributed by atoms with E-state index in [2.05, 4.69) is 19.6 Å². The Bertz CT molecular complexity index is 642. The van der Waals surface area contributed by atoms with Crippen LogP contribution in [0.5, 0.6) is 0 Å². The summed E-state index contributed by atoms with van der Waals surface area (Å²) in [4.78, 5) is 24.6. The third kappa shape index (κ3) is 3.25. The summed E-state index contributed by atoms with van der Waals surface area (Å²) in [5, 5.41) is 0. The van der Waals surface area contributed by atoms with Crippen LogP contribution in [0.25, 0.3) is 0 Å². The fourth-order valence-electron chi connectivity index (χ4n) is 3.63. The maximum atomic E-state index is 12.7. The molecule has 0 N–H and O–H groups in total. The molecule has 0 aromatic rings. The molecule has 24 heavy (non-hydrogen) atoms. The standard InChI is InChI=1S/C20H26O4/c1-12-6-5-7-13(2)10-16-15(14(3)19(22)23-16)11-17(21)20(4)18(24-20)9-8-12/h6,10,15-16,18H,3,5,7-9,11H2,1-2,4H3/b12-6+,13-10+/t15-,16-,18+,20?/m0/s1. The molecule has 2 aliphatic heterocycles. The molecule has 0 bridgehead atoms. The molecule has 0 radical (unpaired) electrons. The first-order valence-corrected chi connectivity index (χ1v) is 8.75. The smallest absolute Gasteiger partial charge is 0.334 e. The zero-order valence-electron chi connectivity index (χ0n) is 14.8. The Kier molecular flexibility index (Phi) is 4.52. The number of hydrogen-bond acceptors (Lipinski definition) is 4. The number of ether oxygens (including phenoxy) is 2. The van der Waals surface area contributed by atoms with E-state index in [1.54, 1.807) is 0 Å². The number of epoxide rings is 1. The average Bonchev–Trinajstić information content (AvgIpc) is 3.13. The predicted molar refractivity (Wildman–Crippen MR) is 91.4 cm³/mol. The number of hydrogen-bond donors (Lipinski definition) is 0. The Morgan fingerprint density at radius 1 is 1.21 bits per heavy atom. The number of allylic oxidation sites excluding steroid dienone is 3. The van der Waals surface area contributed by atoms with Gasteiger partial charge < -0.3 is 9.47 Å². The van der Waals surface area contributed by atoms with Crippen LogP contribution in [0.4, 0.5) is 0 Å². The predicted octanol–water partition coefficient (Wildman–Crippen LogP) is 3.67. The lowest BCUT2D eigenvalue weighted by Gasteiger charge is -2.17. The SMILES string of the molecule is C=C1C(=O)O[C@H]2/C=C(\C)CC/C=C(\C)CC[C@H]3OC3(C)C(=O)C[C@@H]12. The van der Waals surface area contributed by atoms with Crippen molar-refractivity contribution in [2.24, 2.45) is 5.92 Å². The molecular weight excluding hydrogens is 304 g/mol. The first kappa shape index (κ1) is 17.2. The minimum atomic E-state index is -0.709. The molecule has 4 nitrogen and oxygen atoms in total. The van der Waals surface area contributed by atoms with E-state index in [4.69, 9.17) is 9.47 Å². The summed E-state index contributed by atoms with van der Waals surface area (Å²) in [7, 11) is 0. The lowest BCUT2D eigenvalue weighted by molar-refractivity contribution is -0.137. The van der Waals surface area contributed by atoms with Gasteiger partial charge in [0, 0.05) is 17.9 Å². The van der Waals surface area contributed by atoms with Gasteiger partial charge in [0.2, 0.25) is 0 Å². The minimum Gasteiger partial charge on any atom is -0.454 e. The molecule has 1 unspecified atom stereocenters. The number of esters is 1. The highest BCUT2D eigenvalue weighted by atomic mass is 16.6. The quantitative estimate of drug-likeness (QED) is 0.294. The van der Waals surface area contributed by atoms with Crippen LogP contribution in [0.3, 0.4) is 0 Å². The van der Waals surface area contributed by atoms with Crippen molar-refractivity contribution in [1.82, 2.24) is 0 Å². The summed E-state index contributed by atoms with van der Waals surface area (Å²) in [6.45, 7) is 9.88. The summed E-state index contributed by atoms with van der Waals surface area (Å²) in [6, 6.07) is 0. The van der Waals surface area contributed by atoms with Gasteiger partial charge in [-0.2, -0.15) is 0 Å². The lowest BCUT2D eigenvalue weighted by atomic mass is 9.85. The van der Waals surface area contributed by atoms with Gasteiger partial charge >= 0.3 is 5.97 Å². The van der Waals surface area contributed by atoms with E-state index < -0.39 is 5.60 Å². The fraction of sp³-hybridized carbons (Fsp3) is 0.600. The number of rotatable bonds is 0. The van der Waals surface area contributed by atoms with E-state index in [1.807, 2.05) is 19.9 Å². The van der Waals surface area contributed by atoms with Gasteiger partial charge in [-0.15, -0.1) is 0 Å². The van der Waals surface area contributed by atoms with E-state index >= 15 is 0 Å². The second kappa shape index (κ2) is 6.32. The van der Waals surface area contributed by atoms with Crippen LogP contribution in [0.2, 0.25) is 0 Å². The molecule has 2 fully saturated rings. The van der Waals surface area contributed by atoms with E-state index in [-0.39, 0.29) is 36.3 Å². The Hall–Kier alpha value is -1.68. The molecule has 4 heteroatoms. The topological polar surface area (TPSA) is 55.9 Å². The van der Waals surface area contributed by atoms with Crippen LogP contribution in [0, 0.1) is 5.92 Å². The molecule has 2 saturated heterocycles. The highest BCUT2D eigenvalue weighted by Gasteiger charge is 2.58. The zero-order valence-corrected chi connectivity index (χ0v) is 14.8. The first-order valence-electron chi connectivity index (χ1n) is 8.75. The monoisotopic (exact) mass is 330 g/mol. The molecule has 1 aliphatic carbocycles. The normalized spacial score (nSPS) is 42.0. The van der Waals surface area contributed by atoms with E-state index in [0.717, 1.165) is 25.7 Å². The minimum absolute atomic E-state index is 0.0155. The van der Waals surface area contributed by atoms with E-state index in [0.29, 0.717) is 5.57 Å². The zero-order chi connectivity index (χ0) is 17.5. The average molecular weight is 330 g/mol. The van der Waals surface area contributed by atoms with Crippen molar-refractivity contribution < 1.29 is 19.1 Å². The Labute approximate surface area is 143 Å². The molecule has 0 amide bonds. The summed E-state index contributed by atoms with van der Waals surface area (Å²) >= 11 is 0. The Morgan fingerprint density at radius 3 is 2.71 bits per heavy atom. The summed E-state index contributed by atoms with van der Waals surface area (Å²) in [6.07, 6.45) is 7.80. The van der Waals surface area contributed by atoms with Crippen molar-refractivity contribution in [1.29, 1.82) is 0 Å². The Morgan fingerprint density at radius 2 is 1.96 bits per heavy atom. The fourth-order valence-corrected chi connectivity index (χ4v) is 3.63. The third-order valence-electron chi connectivity index (χ3n) is 5.53. The molecule has 0 aromatic carbocycles. The van der Waals surface area contributed by atoms with Crippen molar-refractivity contribution in [3.63, 3.8) is 0 Å². The van der Waals surface area contributed by atoms with Crippen LogP contribution in [0.15, 0.2) is 35.5 Å². The van der Waals surface area contributed by atoms with Crippen LogP contribution < -0.4 is 0 Å². The van der Waals surface area contributed by atoms with Gasteiger partial charge in [0.1, 0.15) is 11.7 Å². The molecule has 2 heterocycles. The number of carbonyl (C=O) groups is 2. The van der Waals surface area contributed by atoms with E-state index in [9.17, 15) is 9.59 Å². The van der Waals surface area contributed by atoms with Gasteiger partial charge in [-0.25, -0.2) is 4.79 Å². The number of Topliss-reactive ketones (excluding diaryl/α,β-unsaturated/α-hetero) is 1. The van der Waals surface area contributed by atoms with Gasteiger partial charge in [0.15, 0.2) is 5.78 Å². The third-order valence-corrected chi connectivity index (χ3v) is 5.53. The van der Waals surface area contributed by atoms with Gasteiger partial charge in [-0.05, 0) is 52.5 Å². The van der Waals surface area contributed by atoms with Crippen molar-refractivity contribution in [2.45, 2.75) is 70.7 Å². The Balaban J connectivity index is 1.86. The second-order valence-electron chi connectivity index (χ2n) is 7.48. The molecule has 0 aromatic heterocycles. The highest BCUT2D eigenvalue weighted by Crippen LogP contribution is 2.44.